The van der Waals surface area contributed by atoms with Crippen LogP contribution in [0.15, 0.2) is 91.0 Å². The summed E-state index contributed by atoms with van der Waals surface area (Å²) in [5.74, 6) is -2.18. The first-order chi connectivity index (χ1) is 15.0. The van der Waals surface area contributed by atoms with Crippen molar-refractivity contribution in [2.45, 2.75) is 29.7 Å². The fourth-order valence-electron chi connectivity index (χ4n) is 4.12. The summed E-state index contributed by atoms with van der Waals surface area (Å²) in [6.45, 7) is -0.984. The lowest BCUT2D eigenvalue weighted by Gasteiger charge is -2.38. The second-order valence-corrected chi connectivity index (χ2v) is 7.69. The summed E-state index contributed by atoms with van der Waals surface area (Å²) in [4.78, 5) is 0. The first-order valence-electron chi connectivity index (χ1n) is 10.2. The van der Waals surface area contributed by atoms with Gasteiger partial charge in [0.1, 0.15) is 30.5 Å². The van der Waals surface area contributed by atoms with Gasteiger partial charge in [0.2, 0.25) is 5.79 Å². The van der Waals surface area contributed by atoms with Crippen LogP contribution in [-0.2, 0) is 15.1 Å². The van der Waals surface area contributed by atoms with E-state index in [-0.39, 0.29) is 0 Å². The summed E-state index contributed by atoms with van der Waals surface area (Å²) in [6, 6.07) is 28.7. The average Bonchev–Trinajstić information content (AvgIpc) is 3.05. The van der Waals surface area contributed by atoms with Crippen molar-refractivity contribution in [1.29, 1.82) is 0 Å². The highest BCUT2D eigenvalue weighted by Gasteiger charge is 2.54. The Hall–Kier alpha value is -2.58. The molecule has 4 N–H and O–H groups in total. The van der Waals surface area contributed by atoms with Crippen LogP contribution in [0.5, 0.6) is 0 Å². The third kappa shape index (κ3) is 3.90. The highest BCUT2D eigenvalue weighted by atomic mass is 16.7. The fourth-order valence-corrected chi connectivity index (χ4v) is 4.12. The van der Waals surface area contributed by atoms with Crippen LogP contribution < -0.4 is 0 Å². The van der Waals surface area contributed by atoms with E-state index < -0.39 is 42.9 Å². The van der Waals surface area contributed by atoms with E-state index in [0.29, 0.717) is 0 Å². The van der Waals surface area contributed by atoms with Crippen molar-refractivity contribution < 1.29 is 29.9 Å². The van der Waals surface area contributed by atoms with E-state index in [0.717, 1.165) is 16.7 Å². The van der Waals surface area contributed by atoms with Crippen LogP contribution in [-0.4, -0.2) is 57.7 Å². The van der Waals surface area contributed by atoms with Gasteiger partial charge in [0.05, 0.1) is 6.61 Å². The Morgan fingerprint density at radius 1 is 0.774 bits per heavy atom. The number of hydrogen-bond acceptors (Lipinski definition) is 6. The molecule has 6 nitrogen and oxygen atoms in total. The third-order valence-electron chi connectivity index (χ3n) is 5.74. The highest BCUT2D eigenvalue weighted by molar-refractivity contribution is 5.47. The lowest BCUT2D eigenvalue weighted by molar-refractivity contribution is -0.265. The second kappa shape index (κ2) is 8.88. The summed E-state index contributed by atoms with van der Waals surface area (Å²) in [5.41, 5.74) is 1.35. The SMILES string of the molecule is OC[C@H]1O[C@](O)(COC(c2ccccc2)(c2ccccc2)c2ccccc2)[C@@H](O)[C@@H]1O. The minimum Gasteiger partial charge on any atom is -0.394 e. The second-order valence-electron chi connectivity index (χ2n) is 7.69. The molecule has 0 saturated carbocycles. The molecule has 0 aromatic heterocycles. The zero-order chi connectivity index (χ0) is 21.9. The molecule has 4 atom stereocenters. The van der Waals surface area contributed by atoms with Gasteiger partial charge in [-0.25, -0.2) is 0 Å². The van der Waals surface area contributed by atoms with Crippen LogP contribution in [0.1, 0.15) is 16.7 Å². The van der Waals surface area contributed by atoms with Crippen molar-refractivity contribution in [2.24, 2.45) is 0 Å². The molecule has 0 aliphatic carbocycles. The molecule has 3 aromatic rings. The number of aliphatic hydroxyl groups excluding tert-OH is 3. The molecule has 1 saturated heterocycles. The van der Waals surface area contributed by atoms with E-state index in [1.54, 1.807) is 0 Å². The summed E-state index contributed by atoms with van der Waals surface area (Å²) >= 11 is 0. The number of aliphatic hydroxyl groups is 4. The van der Waals surface area contributed by atoms with Gasteiger partial charge in [-0.3, -0.25) is 0 Å². The first-order valence-corrected chi connectivity index (χ1v) is 10.2. The van der Waals surface area contributed by atoms with E-state index >= 15 is 0 Å². The van der Waals surface area contributed by atoms with E-state index in [9.17, 15) is 20.4 Å². The minimum absolute atomic E-state index is 0.444. The monoisotopic (exact) mass is 422 g/mol. The van der Waals surface area contributed by atoms with Crippen molar-refractivity contribution in [3.8, 4) is 0 Å². The summed E-state index contributed by atoms with van der Waals surface area (Å²) < 4.78 is 11.9. The number of rotatable bonds is 7. The van der Waals surface area contributed by atoms with Crippen molar-refractivity contribution in [3.05, 3.63) is 108 Å². The molecular formula is C25H26O6. The molecular weight excluding hydrogens is 396 g/mol. The van der Waals surface area contributed by atoms with Crippen LogP contribution in [0, 0.1) is 0 Å². The summed E-state index contributed by atoms with van der Waals surface area (Å²) in [7, 11) is 0. The quantitative estimate of drug-likeness (QED) is 0.434. The van der Waals surface area contributed by atoms with E-state index in [1.807, 2.05) is 91.0 Å². The molecule has 1 heterocycles. The third-order valence-corrected chi connectivity index (χ3v) is 5.74. The van der Waals surface area contributed by atoms with E-state index in [2.05, 4.69) is 0 Å². The first kappa shape index (κ1) is 21.6. The lowest BCUT2D eigenvalue weighted by Crippen LogP contribution is -2.49. The van der Waals surface area contributed by atoms with Gasteiger partial charge in [0.15, 0.2) is 0 Å². The summed E-state index contributed by atoms with van der Waals surface area (Å²) in [5, 5.41) is 40.9. The maximum Gasteiger partial charge on any atom is 0.219 e. The van der Waals surface area contributed by atoms with Gasteiger partial charge < -0.3 is 29.9 Å². The van der Waals surface area contributed by atoms with E-state index in [1.165, 1.54) is 0 Å². The molecule has 4 rings (SSSR count). The molecule has 6 heteroatoms. The fraction of sp³-hybridized carbons (Fsp3) is 0.280. The van der Waals surface area contributed by atoms with Gasteiger partial charge in [-0.15, -0.1) is 0 Å². The number of ether oxygens (including phenoxy) is 2. The molecule has 162 valence electrons. The molecule has 0 radical (unpaired) electrons. The van der Waals surface area contributed by atoms with Crippen LogP contribution in [0.25, 0.3) is 0 Å². The van der Waals surface area contributed by atoms with Gasteiger partial charge in [0.25, 0.3) is 0 Å². The number of benzene rings is 3. The summed E-state index contributed by atoms with van der Waals surface area (Å²) in [6.07, 6.45) is -4.17. The van der Waals surface area contributed by atoms with Gasteiger partial charge in [0, 0.05) is 0 Å². The van der Waals surface area contributed by atoms with Crippen molar-refractivity contribution in [1.82, 2.24) is 0 Å². The Morgan fingerprint density at radius 3 is 1.55 bits per heavy atom. The zero-order valence-electron chi connectivity index (χ0n) is 16.9. The van der Waals surface area contributed by atoms with Crippen LogP contribution in [0.3, 0.4) is 0 Å². The maximum atomic E-state index is 11.0. The molecule has 1 fully saturated rings. The van der Waals surface area contributed by atoms with Gasteiger partial charge in [-0.2, -0.15) is 0 Å². The smallest absolute Gasteiger partial charge is 0.219 e. The normalized spacial score (nSPS) is 26.1. The maximum absolute atomic E-state index is 11.0. The van der Waals surface area contributed by atoms with Crippen molar-refractivity contribution in [2.75, 3.05) is 13.2 Å². The molecule has 0 unspecified atom stereocenters. The minimum atomic E-state index is -2.18. The van der Waals surface area contributed by atoms with Gasteiger partial charge in [-0.05, 0) is 16.7 Å². The van der Waals surface area contributed by atoms with Gasteiger partial charge >= 0.3 is 0 Å². The standard InChI is InChI=1S/C25H26O6/c26-16-21-22(27)23(28)24(29,31-21)17-30-25(18-10-4-1-5-11-18,19-12-6-2-7-13-19)20-14-8-3-9-15-20/h1-15,21-23,26-29H,16-17H2/t21-,22-,23+,24-/m1/s1. The molecule has 0 spiro atoms. The predicted octanol–water partition coefficient (Wildman–Crippen LogP) is 1.80. The Balaban J connectivity index is 1.82. The lowest BCUT2D eigenvalue weighted by atomic mass is 9.80. The largest absolute Gasteiger partial charge is 0.394 e. The Labute approximate surface area is 180 Å². The zero-order valence-corrected chi connectivity index (χ0v) is 16.9. The highest BCUT2D eigenvalue weighted by Crippen LogP contribution is 2.42. The Morgan fingerprint density at radius 2 is 1.19 bits per heavy atom. The van der Waals surface area contributed by atoms with Crippen molar-refractivity contribution >= 4 is 0 Å². The molecule has 1 aliphatic heterocycles. The van der Waals surface area contributed by atoms with Crippen molar-refractivity contribution in [3.63, 3.8) is 0 Å². The Kier molecular flexibility index (Phi) is 6.20. The molecule has 31 heavy (non-hydrogen) atoms. The van der Waals surface area contributed by atoms with Gasteiger partial charge in [-0.1, -0.05) is 91.0 Å². The molecule has 0 bridgehead atoms. The van der Waals surface area contributed by atoms with Crippen LogP contribution in [0.4, 0.5) is 0 Å². The predicted molar refractivity (Wildman–Crippen MR) is 114 cm³/mol. The topological polar surface area (TPSA) is 99.4 Å². The molecule has 0 amide bonds. The van der Waals surface area contributed by atoms with E-state index in [4.69, 9.17) is 9.47 Å². The molecule has 1 aliphatic rings. The van der Waals surface area contributed by atoms with Crippen LogP contribution >= 0.6 is 0 Å². The number of hydrogen-bond donors (Lipinski definition) is 4. The molecule has 3 aromatic carbocycles. The average molecular weight is 422 g/mol. The Bertz CT molecular complexity index is 868. The van der Waals surface area contributed by atoms with Crippen LogP contribution in [0.2, 0.25) is 0 Å².